The van der Waals surface area contributed by atoms with Crippen LogP contribution in [-0.4, -0.2) is 46.4 Å². The number of rotatable bonds is 1. The lowest BCUT2D eigenvalue weighted by atomic mass is 10.1. The molecular formula is C7H13NO3S. The topological polar surface area (TPSA) is 52.9 Å². The summed E-state index contributed by atoms with van der Waals surface area (Å²) in [5, 5.41) is 18.6. The molecule has 0 aromatic rings. The van der Waals surface area contributed by atoms with Crippen LogP contribution in [0.15, 0.2) is 0 Å². The Bertz CT molecular complexity index is 180. The maximum absolute atomic E-state index is 9.63. The Labute approximate surface area is 75.8 Å². The normalized spacial score (nSPS) is 48.2. The van der Waals surface area contributed by atoms with Gasteiger partial charge in [0.25, 0.3) is 0 Å². The maximum Gasteiger partial charge on any atom is 0.0977 e. The minimum Gasteiger partial charge on any atom is -0.396 e. The van der Waals surface area contributed by atoms with E-state index < -0.39 is 0 Å². The molecule has 5 heteroatoms. The van der Waals surface area contributed by atoms with Crippen LogP contribution in [0.2, 0.25) is 0 Å². The summed E-state index contributed by atoms with van der Waals surface area (Å²) in [7, 11) is 1.90. The van der Waals surface area contributed by atoms with E-state index in [1.54, 1.807) is 0 Å². The first kappa shape index (κ1) is 8.77. The molecule has 2 aliphatic rings. The van der Waals surface area contributed by atoms with Crippen molar-refractivity contribution < 1.29 is 14.4 Å². The summed E-state index contributed by atoms with van der Waals surface area (Å²) >= 11 is 1.27. The molecule has 2 fully saturated rings. The number of nitrogens with zero attached hydrogens (tertiary/aromatic N) is 1. The summed E-state index contributed by atoms with van der Waals surface area (Å²) in [6, 6.07) is 0.0622. The van der Waals surface area contributed by atoms with Crippen LogP contribution in [0.5, 0.6) is 0 Å². The largest absolute Gasteiger partial charge is 0.396 e. The monoisotopic (exact) mass is 191 g/mol. The van der Waals surface area contributed by atoms with E-state index in [0.29, 0.717) is 6.42 Å². The van der Waals surface area contributed by atoms with Crippen LogP contribution in [-0.2, 0) is 4.18 Å². The van der Waals surface area contributed by atoms with Gasteiger partial charge >= 0.3 is 0 Å². The van der Waals surface area contributed by atoms with Gasteiger partial charge in [0.05, 0.1) is 30.5 Å². The van der Waals surface area contributed by atoms with Crippen LogP contribution in [0, 0.1) is 5.92 Å². The van der Waals surface area contributed by atoms with Gasteiger partial charge in [-0.2, -0.15) is 0 Å². The highest BCUT2D eigenvalue weighted by Gasteiger charge is 2.49. The average molecular weight is 191 g/mol. The number of hydrogen-bond acceptors (Lipinski definition) is 5. The van der Waals surface area contributed by atoms with Gasteiger partial charge in [-0.05, 0) is 6.42 Å². The molecule has 0 aromatic carbocycles. The second-order valence-electron chi connectivity index (χ2n) is 3.42. The lowest BCUT2D eigenvalue weighted by Gasteiger charge is -2.17. The van der Waals surface area contributed by atoms with E-state index >= 15 is 0 Å². The minimum atomic E-state index is -0.354. The smallest absolute Gasteiger partial charge is 0.0977 e. The van der Waals surface area contributed by atoms with Gasteiger partial charge in [-0.1, -0.05) is 0 Å². The molecule has 2 N–H and O–H groups in total. The highest BCUT2D eigenvalue weighted by Crippen LogP contribution is 2.41. The first-order valence-electron chi connectivity index (χ1n) is 4.09. The van der Waals surface area contributed by atoms with Crippen molar-refractivity contribution in [1.29, 1.82) is 0 Å². The van der Waals surface area contributed by atoms with Gasteiger partial charge in [0.2, 0.25) is 0 Å². The second-order valence-corrected chi connectivity index (χ2v) is 4.34. The van der Waals surface area contributed by atoms with Crippen molar-refractivity contribution in [2.45, 2.75) is 24.7 Å². The molecule has 0 radical (unpaired) electrons. The quantitative estimate of drug-likeness (QED) is 0.437. The fourth-order valence-corrected chi connectivity index (χ4v) is 2.88. The summed E-state index contributed by atoms with van der Waals surface area (Å²) in [6.07, 6.45) is 0.295. The highest BCUT2D eigenvalue weighted by molar-refractivity contribution is 7.92. The maximum atomic E-state index is 9.63. The van der Waals surface area contributed by atoms with Crippen molar-refractivity contribution in [3.05, 3.63) is 0 Å². The third-order valence-corrected chi connectivity index (χ3v) is 3.45. The van der Waals surface area contributed by atoms with E-state index in [1.165, 1.54) is 12.2 Å². The van der Waals surface area contributed by atoms with Gasteiger partial charge in [0.15, 0.2) is 0 Å². The van der Waals surface area contributed by atoms with Crippen molar-refractivity contribution >= 4 is 12.2 Å². The van der Waals surface area contributed by atoms with Crippen LogP contribution in [0.1, 0.15) is 6.42 Å². The molecule has 0 amide bonds. The van der Waals surface area contributed by atoms with Crippen molar-refractivity contribution in [3.63, 3.8) is 0 Å². The van der Waals surface area contributed by atoms with Gasteiger partial charge < -0.3 is 10.2 Å². The van der Waals surface area contributed by atoms with Crippen LogP contribution >= 0.6 is 12.2 Å². The number of likely N-dealkylation sites (N-methyl/N-ethyl adjacent to an activating group) is 1. The third kappa shape index (κ3) is 1.16. The molecule has 1 heterocycles. The van der Waals surface area contributed by atoms with Crippen LogP contribution < -0.4 is 0 Å². The van der Waals surface area contributed by atoms with Gasteiger partial charge in [-0.25, -0.2) is 4.31 Å². The number of aliphatic hydroxyl groups is 2. The van der Waals surface area contributed by atoms with Crippen molar-refractivity contribution in [2.24, 2.45) is 5.92 Å². The van der Waals surface area contributed by atoms with Crippen molar-refractivity contribution in [1.82, 2.24) is 4.31 Å². The van der Waals surface area contributed by atoms with Gasteiger partial charge in [-0.3, -0.25) is 4.18 Å². The lowest BCUT2D eigenvalue weighted by molar-refractivity contribution is 0.105. The van der Waals surface area contributed by atoms with Gasteiger partial charge in [-0.15, -0.1) is 0 Å². The Morgan fingerprint density at radius 1 is 1.67 bits per heavy atom. The summed E-state index contributed by atoms with van der Waals surface area (Å²) in [6.45, 7) is 0.104. The second kappa shape index (κ2) is 3.16. The molecule has 1 saturated heterocycles. The van der Waals surface area contributed by atoms with Gasteiger partial charge in [0, 0.05) is 19.6 Å². The molecule has 70 valence electrons. The minimum absolute atomic E-state index is 0.000000000000000222. The highest BCUT2D eigenvalue weighted by atomic mass is 32.2. The van der Waals surface area contributed by atoms with E-state index in [2.05, 4.69) is 0 Å². The van der Waals surface area contributed by atoms with E-state index in [1.807, 2.05) is 11.4 Å². The summed E-state index contributed by atoms with van der Waals surface area (Å²) in [4.78, 5) is 0. The molecule has 12 heavy (non-hydrogen) atoms. The Kier molecular flexibility index (Phi) is 2.31. The predicted molar refractivity (Wildman–Crippen MR) is 45.2 cm³/mol. The van der Waals surface area contributed by atoms with Crippen molar-refractivity contribution in [2.75, 3.05) is 13.7 Å². The predicted octanol–water partition coefficient (Wildman–Crippen LogP) is -0.378. The SMILES string of the molecule is CN1SOC2C(CO)CC(O)C21. The molecule has 4 atom stereocenters. The third-order valence-electron chi connectivity index (χ3n) is 2.67. The number of aliphatic hydroxyl groups excluding tert-OH is 2. The molecule has 1 saturated carbocycles. The molecule has 0 spiro atoms. The summed E-state index contributed by atoms with van der Waals surface area (Å²) in [5.74, 6) is 0.0995. The zero-order chi connectivity index (χ0) is 8.72. The zero-order valence-corrected chi connectivity index (χ0v) is 7.70. The zero-order valence-electron chi connectivity index (χ0n) is 6.88. The average Bonchev–Trinajstić information content (AvgIpc) is 2.55. The van der Waals surface area contributed by atoms with Crippen LogP contribution in [0.4, 0.5) is 0 Å². The summed E-state index contributed by atoms with van der Waals surface area (Å²) in [5.41, 5.74) is 0. The molecule has 0 aromatic heterocycles. The van der Waals surface area contributed by atoms with Crippen LogP contribution in [0.25, 0.3) is 0 Å². The molecule has 1 aliphatic carbocycles. The Morgan fingerprint density at radius 2 is 2.42 bits per heavy atom. The van der Waals surface area contributed by atoms with E-state index in [9.17, 15) is 5.11 Å². The molecule has 0 bridgehead atoms. The van der Waals surface area contributed by atoms with Crippen molar-refractivity contribution in [3.8, 4) is 0 Å². The molecule has 1 aliphatic heterocycles. The first-order chi connectivity index (χ1) is 5.74. The fraction of sp³-hybridized carbons (Fsp3) is 1.00. The Balaban J connectivity index is 2.11. The van der Waals surface area contributed by atoms with E-state index in [-0.39, 0.29) is 30.8 Å². The Hall–Kier alpha value is 0.190. The number of hydrogen-bond donors (Lipinski definition) is 2. The summed E-state index contributed by atoms with van der Waals surface area (Å²) < 4.78 is 7.31. The number of fused-ring (bicyclic) bond motifs is 1. The van der Waals surface area contributed by atoms with Gasteiger partial charge in [0.1, 0.15) is 0 Å². The van der Waals surface area contributed by atoms with E-state index in [0.717, 1.165) is 0 Å². The standard InChI is InChI=1S/C7H13NO3S/c1-8-6-5(10)2-4(3-9)7(6)11-12-8/h4-7,9-10H,2-3H2,1H3. The molecule has 2 rings (SSSR count). The van der Waals surface area contributed by atoms with E-state index in [4.69, 9.17) is 9.29 Å². The first-order valence-corrected chi connectivity index (χ1v) is 4.79. The fourth-order valence-electron chi connectivity index (χ4n) is 2.01. The van der Waals surface area contributed by atoms with Crippen LogP contribution in [0.3, 0.4) is 0 Å². The molecular weight excluding hydrogens is 178 g/mol. The molecule has 4 nitrogen and oxygen atoms in total. The molecule has 4 unspecified atom stereocenters. The Morgan fingerprint density at radius 3 is 3.08 bits per heavy atom. The lowest BCUT2D eigenvalue weighted by Crippen LogP contribution is -2.36.